The van der Waals surface area contributed by atoms with Gasteiger partial charge in [-0.15, -0.1) is 12.4 Å². The molecule has 2 aliphatic rings. The monoisotopic (exact) mass is 910 g/mol. The van der Waals surface area contributed by atoms with E-state index in [0.717, 1.165) is 83.9 Å². The Morgan fingerprint density at radius 2 is 0.939 bits per heavy atom. The van der Waals surface area contributed by atoms with Crippen molar-refractivity contribution in [1.82, 2.24) is 29.3 Å². The van der Waals surface area contributed by atoms with Crippen molar-refractivity contribution in [2.24, 2.45) is 0 Å². The van der Waals surface area contributed by atoms with Crippen LogP contribution in [0.2, 0.25) is 0 Å². The van der Waals surface area contributed by atoms with Crippen LogP contribution in [0.1, 0.15) is 69.9 Å². The van der Waals surface area contributed by atoms with Gasteiger partial charge in [-0.05, 0) is 181 Å². The number of para-hydroxylation sites is 4. The lowest BCUT2D eigenvalue weighted by Crippen LogP contribution is -2.41. The first-order valence-corrected chi connectivity index (χ1v) is 22.3. The van der Waals surface area contributed by atoms with E-state index in [2.05, 4.69) is 50.8 Å². The van der Waals surface area contributed by atoms with E-state index in [4.69, 9.17) is 24.2 Å². The van der Waals surface area contributed by atoms with Crippen molar-refractivity contribution in [3.8, 4) is 34.4 Å². The standard InChI is InChI=1S/C29H30FN3O3.C24H22FN3O.ClH/c1-29(2,3)36-28(34)32-18-16-20(17-19-32)27-31-25-6-4-5-7-26(25)33(27)22-10-14-24(15-11-22)35-23-12-8-21(30)9-13-23;25-18-5-9-20(10-6-18)29-21-11-7-19(8-12-21)28-23-4-2-1-3-22(23)27-24(28)17-13-15-26-16-14-17;/h4-15,20H,16-19H2,1-3H3;1-12,17,26H,13-16H2;1H. The fraction of sp³-hybridized carbons (Fsp3) is 0.264. The van der Waals surface area contributed by atoms with Crippen LogP contribution in [0.5, 0.6) is 23.0 Å². The lowest BCUT2D eigenvalue weighted by molar-refractivity contribution is 0.0203. The second-order valence-corrected chi connectivity index (χ2v) is 17.5. The number of halogens is 3. The van der Waals surface area contributed by atoms with E-state index in [0.29, 0.717) is 42.0 Å². The smallest absolute Gasteiger partial charge is 0.410 e. The molecule has 2 fully saturated rings. The number of carbonyl (C=O) groups is 1. The van der Waals surface area contributed by atoms with Crippen molar-refractivity contribution in [2.75, 3.05) is 26.2 Å². The number of nitrogens with one attached hydrogen (secondary N) is 1. The predicted octanol–water partition coefficient (Wildman–Crippen LogP) is 12.9. The van der Waals surface area contributed by atoms with Crippen molar-refractivity contribution >= 4 is 40.6 Å². The summed E-state index contributed by atoms with van der Waals surface area (Å²) in [5, 5.41) is 3.43. The third kappa shape index (κ3) is 10.7. The van der Waals surface area contributed by atoms with E-state index in [1.165, 1.54) is 24.3 Å². The molecule has 8 aromatic rings. The Hall–Kier alpha value is -6.76. The summed E-state index contributed by atoms with van der Waals surface area (Å²) in [5.74, 6) is 4.78. The number of hydrogen-bond acceptors (Lipinski definition) is 7. The average Bonchev–Trinajstić information content (AvgIpc) is 3.91. The number of rotatable bonds is 8. The number of fused-ring (bicyclic) bond motifs is 2. The third-order valence-electron chi connectivity index (χ3n) is 11.7. The minimum atomic E-state index is -0.505. The zero-order chi connectivity index (χ0) is 44.9. The van der Waals surface area contributed by atoms with E-state index in [1.54, 1.807) is 29.2 Å². The molecule has 0 spiro atoms. The second kappa shape index (κ2) is 20.2. The van der Waals surface area contributed by atoms with Gasteiger partial charge in [0.25, 0.3) is 0 Å². The van der Waals surface area contributed by atoms with E-state index in [-0.39, 0.29) is 36.1 Å². The molecule has 0 bridgehead atoms. The highest BCUT2D eigenvalue weighted by Crippen LogP contribution is 2.35. The summed E-state index contributed by atoms with van der Waals surface area (Å²) in [6.45, 7) is 8.97. The van der Waals surface area contributed by atoms with Crippen LogP contribution in [0.4, 0.5) is 13.6 Å². The van der Waals surface area contributed by atoms with Gasteiger partial charge in [0, 0.05) is 36.3 Å². The fourth-order valence-electron chi connectivity index (χ4n) is 8.51. The largest absolute Gasteiger partial charge is 0.457 e. The Morgan fingerprint density at radius 3 is 1.35 bits per heavy atom. The molecule has 4 heterocycles. The molecule has 0 atom stereocenters. The van der Waals surface area contributed by atoms with E-state index >= 15 is 0 Å². The average molecular weight is 911 g/mol. The van der Waals surface area contributed by atoms with E-state index in [9.17, 15) is 13.6 Å². The molecular formula is C53H53ClF2N6O4. The summed E-state index contributed by atoms with van der Waals surface area (Å²) in [6, 6.07) is 44.2. The number of aromatic nitrogens is 4. The van der Waals surface area contributed by atoms with Crippen LogP contribution in [0.15, 0.2) is 146 Å². The zero-order valence-corrected chi connectivity index (χ0v) is 38.0. The van der Waals surface area contributed by atoms with Gasteiger partial charge < -0.3 is 24.4 Å². The zero-order valence-electron chi connectivity index (χ0n) is 37.2. The van der Waals surface area contributed by atoms with Crippen LogP contribution < -0.4 is 14.8 Å². The molecule has 2 aliphatic heterocycles. The van der Waals surface area contributed by atoms with Crippen LogP contribution in [0.25, 0.3) is 33.4 Å². The Balaban J connectivity index is 0.000000180. The number of benzene rings is 6. The third-order valence-corrected chi connectivity index (χ3v) is 11.7. The van der Waals surface area contributed by atoms with Crippen LogP contribution in [-0.2, 0) is 4.74 Å². The first-order chi connectivity index (χ1) is 31.5. The van der Waals surface area contributed by atoms with E-state index in [1.807, 2.05) is 81.4 Å². The number of ether oxygens (including phenoxy) is 3. The second-order valence-electron chi connectivity index (χ2n) is 17.5. The molecule has 1 amide bonds. The topological polar surface area (TPSA) is 95.7 Å². The molecule has 10 nitrogen and oxygen atoms in total. The van der Waals surface area contributed by atoms with Crippen molar-refractivity contribution < 1.29 is 27.8 Å². The fourth-order valence-corrected chi connectivity index (χ4v) is 8.51. The summed E-state index contributed by atoms with van der Waals surface area (Å²) in [4.78, 5) is 24.3. The quantitative estimate of drug-likeness (QED) is 0.162. The molecule has 0 unspecified atom stereocenters. The highest BCUT2D eigenvalue weighted by Gasteiger charge is 2.30. The summed E-state index contributed by atoms with van der Waals surface area (Å²) >= 11 is 0. The van der Waals surface area contributed by atoms with Gasteiger partial charge in [-0.25, -0.2) is 23.5 Å². The number of piperidine rings is 2. The Morgan fingerprint density at radius 1 is 0.561 bits per heavy atom. The SMILES string of the molecule is CC(C)(C)OC(=O)N1CCC(c2nc3ccccc3n2-c2ccc(Oc3ccc(F)cc3)cc2)CC1.Cl.Fc1ccc(Oc2ccc(-n3c(C4CCNCC4)nc4ccccc43)cc2)cc1. The molecular weight excluding hydrogens is 858 g/mol. The minimum Gasteiger partial charge on any atom is -0.457 e. The van der Waals surface area contributed by atoms with Gasteiger partial charge >= 0.3 is 6.09 Å². The van der Waals surface area contributed by atoms with Crippen LogP contribution in [0, 0.1) is 11.6 Å². The summed E-state index contributed by atoms with van der Waals surface area (Å²) in [5.41, 5.74) is 5.66. The normalized spacial score (nSPS) is 14.6. The van der Waals surface area contributed by atoms with Gasteiger partial charge in [-0.2, -0.15) is 0 Å². The van der Waals surface area contributed by atoms with Gasteiger partial charge in [-0.3, -0.25) is 9.13 Å². The first-order valence-electron chi connectivity index (χ1n) is 22.3. The van der Waals surface area contributed by atoms with Gasteiger partial charge in [-0.1, -0.05) is 24.3 Å². The van der Waals surface area contributed by atoms with Gasteiger partial charge in [0.05, 0.1) is 22.1 Å². The molecule has 0 aliphatic carbocycles. The van der Waals surface area contributed by atoms with Crippen LogP contribution >= 0.6 is 12.4 Å². The maximum atomic E-state index is 13.2. The summed E-state index contributed by atoms with van der Waals surface area (Å²) in [7, 11) is 0. The lowest BCUT2D eigenvalue weighted by atomic mass is 9.96. The number of likely N-dealkylation sites (tertiary alicyclic amines) is 1. The molecule has 0 saturated carbocycles. The number of imidazole rings is 2. The van der Waals surface area contributed by atoms with Crippen molar-refractivity contribution in [3.63, 3.8) is 0 Å². The summed E-state index contributed by atoms with van der Waals surface area (Å²) < 4.78 is 48.0. The van der Waals surface area contributed by atoms with Gasteiger partial charge in [0.1, 0.15) is 51.9 Å². The van der Waals surface area contributed by atoms with Crippen LogP contribution in [-0.4, -0.2) is 61.9 Å². The minimum absolute atomic E-state index is 0. The maximum absolute atomic E-state index is 13.2. The molecule has 66 heavy (non-hydrogen) atoms. The molecule has 1 N–H and O–H groups in total. The molecule has 6 aromatic carbocycles. The van der Waals surface area contributed by atoms with Gasteiger partial charge in [0.15, 0.2) is 0 Å². The summed E-state index contributed by atoms with van der Waals surface area (Å²) in [6.07, 6.45) is 3.55. The number of carbonyl (C=O) groups excluding carboxylic acids is 1. The molecule has 10 rings (SSSR count). The van der Waals surface area contributed by atoms with Gasteiger partial charge in [0.2, 0.25) is 0 Å². The highest BCUT2D eigenvalue weighted by molar-refractivity contribution is 5.85. The number of amides is 1. The maximum Gasteiger partial charge on any atom is 0.410 e. The molecule has 2 saturated heterocycles. The first kappa shape index (κ1) is 45.8. The van der Waals surface area contributed by atoms with Crippen molar-refractivity contribution in [1.29, 1.82) is 0 Å². The van der Waals surface area contributed by atoms with Crippen molar-refractivity contribution in [2.45, 2.75) is 63.9 Å². The van der Waals surface area contributed by atoms with Crippen molar-refractivity contribution in [3.05, 3.63) is 169 Å². The molecule has 0 radical (unpaired) electrons. The Labute approximate surface area is 389 Å². The molecule has 2 aromatic heterocycles. The highest BCUT2D eigenvalue weighted by atomic mass is 35.5. The number of nitrogens with zero attached hydrogens (tertiary/aromatic N) is 5. The molecule has 13 heteroatoms. The Kier molecular flexibility index (Phi) is 14.0. The number of hydrogen-bond donors (Lipinski definition) is 1. The van der Waals surface area contributed by atoms with E-state index < -0.39 is 5.60 Å². The lowest BCUT2D eigenvalue weighted by Gasteiger charge is -2.33. The van der Waals surface area contributed by atoms with Crippen LogP contribution in [0.3, 0.4) is 0 Å². The molecule has 340 valence electrons. The Bertz CT molecular complexity index is 2870. The predicted molar refractivity (Wildman–Crippen MR) is 257 cm³/mol.